The van der Waals surface area contributed by atoms with Crippen molar-refractivity contribution in [2.24, 2.45) is 16.0 Å². The van der Waals surface area contributed by atoms with Gasteiger partial charge < -0.3 is 136 Å². The molecule has 0 spiro atoms. The molecule has 54 heteroatoms. The molecule has 0 aliphatic carbocycles. The van der Waals surface area contributed by atoms with Crippen LogP contribution in [-0.4, -0.2) is 343 Å². The monoisotopic (exact) mass is 2080 g/mol. The number of urea groups is 2. The molecule has 7 aromatic carbocycles. The van der Waals surface area contributed by atoms with Crippen molar-refractivity contribution in [1.29, 1.82) is 0 Å². The maximum atomic E-state index is 13.0. The van der Waals surface area contributed by atoms with E-state index in [0.717, 1.165) is 23.3 Å². The van der Waals surface area contributed by atoms with Crippen molar-refractivity contribution in [2.75, 3.05) is 199 Å². The number of nitrogens with two attached hydrogens (primary N) is 1. The second-order valence-corrected chi connectivity index (χ2v) is 38.1. The lowest BCUT2D eigenvalue weighted by atomic mass is 9.84. The number of ether oxygens (including phenoxy) is 5. The van der Waals surface area contributed by atoms with Gasteiger partial charge in [-0.15, -0.1) is 0 Å². The standard InChI is InChI=1S/C22H22ClN7O4.C22H24ClN5O4.C17H24BN3O7S.C16H21BN6O4.C16H22BN3O5/c23-14-1-3-16(4-2-14)26-22(33)30-12-17(27-28-24)11-19(30)21(32)25-15-5-7-18(8-6-15)29-9-10-34-13-20(29)31;23-14-1-3-17(4-2-14)26-22(31)28-12-15(24)11-19(28)21(30)25-16-5-7-18(8-6-16)27-9-10-32-13-20(27)29;1-18(24)21-10-14(28-29(2,25)26)9-15(21)17(23)19-12-3-5-13(6-4-12)20-7-8-27-11-16(20)22;1-17(26)23-9-12(20-21-18)8-14(23)16(25)19-11-2-4-13(5-3-11)22-6-7-27-10-15(22)24;1-17(24)20-9-13(21)8-14(20)16(23)18-11-2-4-12(5-3-11)19-6-7-25-10-15(19)22/h1-8,17,19H,9-13H2,(H,25,32)(H,26,33);1-8,15,19H,9-13,24H2,(H,25,30)(H,26,31);3-6,14-15,24H,7-11H2,1-2H3,(H,19,23);2-5,12,14,26H,6-10H2,1H3,(H,19,25);2-5,13-14,21,24H,6-10H2,1H3,(H,18,23)/t17-,19+;15-,19+;14-,15-;12-,14+;13-,14-/m00101/s1. The number of benzene rings is 7. The van der Waals surface area contributed by atoms with E-state index in [-0.39, 0.29) is 144 Å². The number of halogens is 2. The van der Waals surface area contributed by atoms with E-state index >= 15 is 0 Å². The number of hydrogen-bond donors (Lipinski definition) is 12. The molecule has 778 valence electrons. The van der Waals surface area contributed by atoms with Gasteiger partial charge in [0.15, 0.2) is 0 Å². The SMILES string of the molecule is CB(O)N1C[C@@H](N=[N+]=[N-])C[C@@H]1C(=O)Nc1ccc(N2CCOCC2=O)cc1.CB(O)N1C[C@H](O)C[C@@H]1C(=O)Nc1ccc(N2CCOCC2=O)cc1.CB(O)N1C[C@H](OS(C)(=O)=O)C[C@@H]1C(=O)Nc1ccc(N2CCOCC2=O)cc1.N[C@H]1C[C@H](C(=O)Nc2ccc(N3CCOCC3=O)cc2)N(C(=O)Nc2ccc(Cl)cc2)C1.[N-]=[N+]=N[C@H]1C[C@H](C(=O)Nc2ccc(N3CCOCC3=O)cc2)N(C(=O)Nc2ccc(Cl)cc2)C1. The minimum Gasteiger partial charge on any atom is -0.437 e. The highest BCUT2D eigenvalue weighted by Crippen LogP contribution is 2.34. The molecule has 0 aromatic heterocycles. The normalized spacial score (nSPS) is 22.1. The molecule has 0 radical (unpaired) electrons. The van der Waals surface area contributed by atoms with Gasteiger partial charge in [0.2, 0.25) is 29.5 Å². The van der Waals surface area contributed by atoms with Gasteiger partial charge in [0.25, 0.3) is 39.7 Å². The van der Waals surface area contributed by atoms with Gasteiger partial charge in [-0.25, -0.2) is 9.59 Å². The van der Waals surface area contributed by atoms with E-state index in [1.54, 1.807) is 218 Å². The number of nitrogens with one attached hydrogen (secondary N) is 7. The Morgan fingerprint density at radius 3 is 0.946 bits per heavy atom. The number of anilines is 12. The summed E-state index contributed by atoms with van der Waals surface area (Å²) in [6.07, 6.45) is 0.964. The van der Waals surface area contributed by atoms with Gasteiger partial charge in [-0.3, -0.25) is 52.1 Å². The molecule has 7 aromatic rings. The molecule has 10 heterocycles. The molecule has 0 bridgehead atoms. The zero-order chi connectivity index (χ0) is 105. The van der Waals surface area contributed by atoms with E-state index in [4.69, 9.17) is 67.9 Å². The Morgan fingerprint density at radius 2 is 0.639 bits per heavy atom. The van der Waals surface area contributed by atoms with Crippen LogP contribution < -0.4 is 67.5 Å². The van der Waals surface area contributed by atoms with E-state index in [1.807, 2.05) is 0 Å². The number of morpholine rings is 5. The fourth-order valence-corrected chi connectivity index (χ4v) is 18.8. The van der Waals surface area contributed by atoms with Crippen LogP contribution >= 0.6 is 23.2 Å². The molecule has 17 rings (SSSR count). The number of likely N-dealkylation sites (tertiary alicyclic amines) is 2. The minimum atomic E-state index is -3.67. The summed E-state index contributed by atoms with van der Waals surface area (Å²) in [6, 6.07) is 42.5. The van der Waals surface area contributed by atoms with Crippen LogP contribution in [0.25, 0.3) is 20.9 Å². The van der Waals surface area contributed by atoms with E-state index < -0.39 is 97.7 Å². The average molecular weight is 2090 g/mol. The Morgan fingerprint density at radius 1 is 0.381 bits per heavy atom. The van der Waals surface area contributed by atoms with Crippen molar-refractivity contribution in [1.82, 2.24) is 24.2 Å². The third-order valence-electron chi connectivity index (χ3n) is 25.1. The van der Waals surface area contributed by atoms with E-state index in [9.17, 15) is 86.1 Å². The number of aliphatic hydroxyl groups excluding tert-OH is 1. The summed E-state index contributed by atoms with van der Waals surface area (Å²) in [5, 5.41) is 67.4. The fraction of sp³-hybridized carbons (Fsp3) is 0.419. The summed E-state index contributed by atoms with van der Waals surface area (Å²) in [7, 11) is -6.23. The number of β-amino-alcohol motifs (C(OH)–C–C–N with tert-alkyl or cyclic N) is 1. The van der Waals surface area contributed by atoms with Crippen molar-refractivity contribution >= 4 is 194 Å². The number of hydrogen-bond acceptors (Lipinski definition) is 30. The molecular weight excluding hydrogens is 1970 g/mol. The maximum absolute atomic E-state index is 13.0. The first-order valence-electron chi connectivity index (χ1n) is 47.3. The van der Waals surface area contributed by atoms with E-state index in [0.29, 0.717) is 146 Å². The highest BCUT2D eigenvalue weighted by molar-refractivity contribution is 7.86. The quantitative estimate of drug-likeness (QED) is 0.0112. The van der Waals surface area contributed by atoms with Gasteiger partial charge in [0.1, 0.15) is 45.1 Å². The Bertz CT molecular complexity index is 6050. The zero-order valence-electron chi connectivity index (χ0n) is 80.7. The molecule has 48 nitrogen and oxygen atoms in total. The summed E-state index contributed by atoms with van der Waals surface area (Å²) in [4.78, 5) is 170. The van der Waals surface area contributed by atoms with Crippen molar-refractivity contribution < 1.29 is 114 Å². The lowest BCUT2D eigenvalue weighted by molar-refractivity contribution is -0.126. The molecule has 0 saturated carbocycles. The summed E-state index contributed by atoms with van der Waals surface area (Å²) < 4.78 is 53.4. The number of azide groups is 2. The zero-order valence-corrected chi connectivity index (χ0v) is 83.0. The van der Waals surface area contributed by atoms with Gasteiger partial charge >= 0.3 is 33.2 Å². The van der Waals surface area contributed by atoms with Gasteiger partial charge in [0.05, 0.1) is 81.7 Å². The number of rotatable bonds is 24. The van der Waals surface area contributed by atoms with Gasteiger partial charge in [-0.1, -0.05) is 33.4 Å². The first-order valence-corrected chi connectivity index (χ1v) is 49.8. The van der Waals surface area contributed by atoms with Gasteiger partial charge in [-0.2, -0.15) is 8.42 Å². The third-order valence-corrected chi connectivity index (χ3v) is 26.2. The molecule has 14 amide bonds. The Balaban J connectivity index is 0.000000154. The van der Waals surface area contributed by atoms with Crippen molar-refractivity contribution in [2.45, 2.75) is 113 Å². The number of nitrogens with zero attached hydrogens (tertiary/aromatic N) is 16. The molecule has 10 aliphatic rings. The summed E-state index contributed by atoms with van der Waals surface area (Å²) in [5.41, 5.74) is 31.0. The van der Waals surface area contributed by atoms with Crippen molar-refractivity contribution in [3.8, 4) is 0 Å². The van der Waals surface area contributed by atoms with Crippen LogP contribution in [0.15, 0.2) is 180 Å². The molecule has 0 unspecified atom stereocenters. The predicted molar refractivity (Wildman–Crippen MR) is 549 cm³/mol. The molecule has 10 atom stereocenters. The summed E-state index contributed by atoms with van der Waals surface area (Å²) in [5.74, 6) is -2.18. The second-order valence-electron chi connectivity index (χ2n) is 35.6. The lowest BCUT2D eigenvalue weighted by Gasteiger charge is -2.27. The fourth-order valence-electron chi connectivity index (χ4n) is 17.9. The second kappa shape index (κ2) is 52.2. The van der Waals surface area contributed by atoms with Gasteiger partial charge in [-0.05, 0) is 240 Å². The Kier molecular flexibility index (Phi) is 39.4. The maximum Gasteiger partial charge on any atom is 0.377 e. The first-order chi connectivity index (χ1) is 70.4. The number of aliphatic hydroxyl groups is 1. The van der Waals surface area contributed by atoms with Crippen LogP contribution in [0.1, 0.15) is 32.1 Å². The molecular formula is C93H113B3Cl2N24O24S. The van der Waals surface area contributed by atoms with Crippen LogP contribution in [0.5, 0.6) is 0 Å². The summed E-state index contributed by atoms with van der Waals surface area (Å²) >= 11 is 11.8. The third kappa shape index (κ3) is 30.9. The predicted octanol–water partition coefficient (Wildman–Crippen LogP) is 5.81. The van der Waals surface area contributed by atoms with Crippen LogP contribution in [0.3, 0.4) is 0 Å². The van der Waals surface area contributed by atoms with Crippen molar-refractivity contribution in [3.63, 3.8) is 0 Å². The van der Waals surface area contributed by atoms with E-state index in [2.05, 4.69) is 57.3 Å². The van der Waals surface area contributed by atoms with Crippen LogP contribution in [0.2, 0.25) is 30.5 Å². The molecule has 147 heavy (non-hydrogen) atoms. The molecule has 10 saturated heterocycles. The largest absolute Gasteiger partial charge is 0.437 e. The molecule has 13 N–H and O–H groups in total. The lowest BCUT2D eigenvalue weighted by Crippen LogP contribution is -2.47. The Labute approximate surface area is 856 Å². The molecule has 10 fully saturated rings. The summed E-state index contributed by atoms with van der Waals surface area (Å²) in [6.45, 7) is 10.9. The van der Waals surface area contributed by atoms with Crippen LogP contribution in [-0.2, 0) is 85.9 Å². The van der Waals surface area contributed by atoms with Crippen LogP contribution in [0.4, 0.5) is 77.8 Å². The topological polar surface area (TPSA) is 615 Å². The van der Waals surface area contributed by atoms with E-state index in [1.165, 1.54) is 21.4 Å². The smallest absolute Gasteiger partial charge is 0.377 e. The number of carbonyl (C=O) groups excluding carboxylic acids is 12. The highest BCUT2D eigenvalue weighted by atomic mass is 35.5. The van der Waals surface area contributed by atoms with Crippen molar-refractivity contribution in [3.05, 3.63) is 201 Å². The average Bonchev–Trinajstić information content (AvgIpc) is 1.73. The molecule has 10 aliphatic heterocycles. The number of amides is 14. The van der Waals surface area contributed by atoms with Crippen LogP contribution in [0, 0.1) is 0 Å². The first kappa shape index (κ1) is 111. The number of carbonyl (C=O) groups is 12. The minimum absolute atomic E-state index is 0.0421. The van der Waals surface area contributed by atoms with Gasteiger partial charge in [0, 0.05) is 153 Å². The highest BCUT2D eigenvalue weighted by Gasteiger charge is 2.46. The Hall–Kier alpha value is -13.4.